The highest BCUT2D eigenvalue weighted by Crippen LogP contribution is 2.35. The minimum atomic E-state index is 0.0627. The number of nitriles is 1. The molecule has 4 rings (SSSR count). The van der Waals surface area contributed by atoms with Crippen molar-refractivity contribution in [3.63, 3.8) is 0 Å². The van der Waals surface area contributed by atoms with Crippen LogP contribution < -0.4 is 5.56 Å². The lowest BCUT2D eigenvalue weighted by atomic mass is 10.2. The summed E-state index contributed by atoms with van der Waals surface area (Å²) in [5.74, 6) is 0.687. The maximum atomic E-state index is 12.8. The van der Waals surface area contributed by atoms with E-state index in [1.165, 1.54) is 22.2 Å². The Morgan fingerprint density at radius 2 is 2.29 bits per heavy atom. The molecular formula is C18H15N3OS2. The highest BCUT2D eigenvalue weighted by atomic mass is 32.2. The number of aryl methyl sites for hydroxylation is 2. The number of hydrogen-bond donors (Lipinski definition) is 0. The Kier molecular flexibility index (Phi) is 3.91. The van der Waals surface area contributed by atoms with Crippen molar-refractivity contribution in [2.75, 3.05) is 0 Å². The first-order valence-corrected chi connectivity index (χ1v) is 9.60. The van der Waals surface area contributed by atoms with Crippen LogP contribution in [0.15, 0.2) is 34.2 Å². The Hall–Kier alpha value is -2.10. The number of nitrogens with zero attached hydrogens (tertiary/aromatic N) is 3. The van der Waals surface area contributed by atoms with E-state index in [9.17, 15) is 4.79 Å². The van der Waals surface area contributed by atoms with E-state index >= 15 is 0 Å². The summed E-state index contributed by atoms with van der Waals surface area (Å²) in [6.07, 6.45) is 3.22. The molecule has 0 saturated carbocycles. The molecule has 4 nitrogen and oxygen atoms in total. The standard InChI is InChI=1S/C18H15N3OS2/c1-21-17(22)15-13-6-3-7-14(13)24-16(15)20-18(21)23-10-12-5-2-4-11(8-12)9-19/h2,4-5,8H,3,6-7,10H2,1H3. The lowest BCUT2D eigenvalue weighted by Gasteiger charge is -2.07. The van der Waals surface area contributed by atoms with E-state index in [1.54, 1.807) is 29.0 Å². The molecule has 0 fully saturated rings. The maximum Gasteiger partial charge on any atom is 0.262 e. The van der Waals surface area contributed by atoms with Crippen LogP contribution in [0.25, 0.3) is 10.2 Å². The van der Waals surface area contributed by atoms with Gasteiger partial charge in [-0.2, -0.15) is 5.26 Å². The molecule has 24 heavy (non-hydrogen) atoms. The first-order chi connectivity index (χ1) is 11.7. The first-order valence-electron chi connectivity index (χ1n) is 7.80. The number of aromatic nitrogens is 2. The smallest absolute Gasteiger partial charge is 0.262 e. The average Bonchev–Trinajstić information content (AvgIpc) is 3.17. The third kappa shape index (κ3) is 2.54. The molecule has 1 aromatic carbocycles. The van der Waals surface area contributed by atoms with Crippen molar-refractivity contribution in [3.05, 3.63) is 56.2 Å². The van der Waals surface area contributed by atoms with Crippen molar-refractivity contribution in [2.24, 2.45) is 7.05 Å². The summed E-state index contributed by atoms with van der Waals surface area (Å²) in [5.41, 5.74) is 3.00. The van der Waals surface area contributed by atoms with Gasteiger partial charge in [0.15, 0.2) is 5.16 Å². The Morgan fingerprint density at radius 1 is 1.42 bits per heavy atom. The van der Waals surface area contributed by atoms with Crippen LogP contribution in [0.3, 0.4) is 0 Å². The number of thiophene rings is 1. The molecular weight excluding hydrogens is 338 g/mol. The molecule has 1 aliphatic carbocycles. The summed E-state index contributed by atoms with van der Waals surface area (Å²) in [7, 11) is 1.79. The molecule has 0 atom stereocenters. The third-order valence-corrected chi connectivity index (χ3v) is 6.62. The van der Waals surface area contributed by atoms with Crippen molar-refractivity contribution in [3.8, 4) is 6.07 Å². The van der Waals surface area contributed by atoms with E-state index in [4.69, 9.17) is 10.2 Å². The lowest BCUT2D eigenvalue weighted by molar-refractivity contribution is 0.727. The van der Waals surface area contributed by atoms with Crippen molar-refractivity contribution in [1.82, 2.24) is 9.55 Å². The van der Waals surface area contributed by atoms with Crippen LogP contribution in [-0.4, -0.2) is 9.55 Å². The van der Waals surface area contributed by atoms with E-state index in [-0.39, 0.29) is 5.56 Å². The van der Waals surface area contributed by atoms with Gasteiger partial charge in [0.1, 0.15) is 4.83 Å². The monoisotopic (exact) mass is 353 g/mol. The van der Waals surface area contributed by atoms with E-state index in [0.717, 1.165) is 40.2 Å². The van der Waals surface area contributed by atoms with E-state index in [0.29, 0.717) is 11.3 Å². The zero-order chi connectivity index (χ0) is 16.7. The molecule has 6 heteroatoms. The van der Waals surface area contributed by atoms with E-state index < -0.39 is 0 Å². The zero-order valence-corrected chi connectivity index (χ0v) is 14.8. The zero-order valence-electron chi connectivity index (χ0n) is 13.2. The quantitative estimate of drug-likeness (QED) is 0.533. The van der Waals surface area contributed by atoms with Crippen molar-refractivity contribution in [1.29, 1.82) is 5.26 Å². The average molecular weight is 353 g/mol. The summed E-state index contributed by atoms with van der Waals surface area (Å²) in [6, 6.07) is 9.70. The number of benzene rings is 1. The Balaban J connectivity index is 1.69. The second-order valence-electron chi connectivity index (χ2n) is 5.90. The molecule has 0 bridgehead atoms. The van der Waals surface area contributed by atoms with Crippen LogP contribution >= 0.6 is 23.1 Å². The van der Waals surface area contributed by atoms with Gasteiger partial charge in [0, 0.05) is 17.7 Å². The Bertz CT molecular complexity index is 1040. The van der Waals surface area contributed by atoms with Crippen LogP contribution in [0, 0.1) is 11.3 Å². The molecule has 0 radical (unpaired) electrons. The maximum absolute atomic E-state index is 12.8. The minimum absolute atomic E-state index is 0.0627. The van der Waals surface area contributed by atoms with E-state index in [1.807, 2.05) is 18.2 Å². The predicted octanol–water partition coefficient (Wildman–Crippen LogP) is 3.65. The second kappa shape index (κ2) is 6.08. The molecule has 1 aliphatic rings. The van der Waals surface area contributed by atoms with Gasteiger partial charge < -0.3 is 0 Å². The molecule has 2 aromatic heterocycles. The highest BCUT2D eigenvalue weighted by Gasteiger charge is 2.22. The van der Waals surface area contributed by atoms with Gasteiger partial charge in [-0.25, -0.2) is 4.98 Å². The van der Waals surface area contributed by atoms with Gasteiger partial charge in [-0.3, -0.25) is 9.36 Å². The van der Waals surface area contributed by atoms with Gasteiger partial charge in [0.05, 0.1) is 17.0 Å². The van der Waals surface area contributed by atoms with Crippen molar-refractivity contribution >= 4 is 33.3 Å². The second-order valence-corrected chi connectivity index (χ2v) is 7.92. The van der Waals surface area contributed by atoms with Crippen molar-refractivity contribution in [2.45, 2.75) is 30.2 Å². The SMILES string of the molecule is Cn1c(SCc2cccc(C#N)c2)nc2sc3c(c2c1=O)CCC3. The molecule has 0 spiro atoms. The van der Waals surface area contributed by atoms with Gasteiger partial charge >= 0.3 is 0 Å². The summed E-state index contributed by atoms with van der Waals surface area (Å²) in [4.78, 5) is 19.7. The molecule has 120 valence electrons. The Morgan fingerprint density at radius 3 is 3.12 bits per heavy atom. The van der Waals surface area contributed by atoms with Gasteiger partial charge in [0.25, 0.3) is 5.56 Å². The van der Waals surface area contributed by atoms with Crippen LogP contribution in [0.4, 0.5) is 0 Å². The molecule has 0 N–H and O–H groups in total. The Labute approximate surface area is 147 Å². The minimum Gasteiger partial charge on any atom is -0.290 e. The van der Waals surface area contributed by atoms with Crippen LogP contribution in [0.1, 0.15) is 28.0 Å². The summed E-state index contributed by atoms with van der Waals surface area (Å²) < 4.78 is 1.66. The number of fused-ring (bicyclic) bond motifs is 3. The van der Waals surface area contributed by atoms with Crippen molar-refractivity contribution < 1.29 is 0 Å². The summed E-state index contributed by atoms with van der Waals surface area (Å²) in [5, 5.41) is 10.5. The number of hydrogen-bond acceptors (Lipinski definition) is 5. The molecule has 0 unspecified atom stereocenters. The first kappa shape index (κ1) is 15.4. The molecule has 2 heterocycles. The predicted molar refractivity (Wildman–Crippen MR) is 97.6 cm³/mol. The highest BCUT2D eigenvalue weighted by molar-refractivity contribution is 7.98. The normalized spacial score (nSPS) is 13.2. The molecule has 0 amide bonds. The van der Waals surface area contributed by atoms with Crippen LogP contribution in [0.2, 0.25) is 0 Å². The van der Waals surface area contributed by atoms with Gasteiger partial charge in [-0.1, -0.05) is 23.9 Å². The number of thioether (sulfide) groups is 1. The lowest BCUT2D eigenvalue weighted by Crippen LogP contribution is -2.20. The summed E-state index contributed by atoms with van der Waals surface area (Å²) in [6.45, 7) is 0. The largest absolute Gasteiger partial charge is 0.290 e. The number of rotatable bonds is 3. The van der Waals surface area contributed by atoms with Gasteiger partial charge in [0.2, 0.25) is 0 Å². The fourth-order valence-corrected chi connectivity index (χ4v) is 5.33. The molecule has 0 aliphatic heterocycles. The topological polar surface area (TPSA) is 58.7 Å². The van der Waals surface area contributed by atoms with Crippen LogP contribution in [0.5, 0.6) is 0 Å². The molecule has 3 aromatic rings. The fourth-order valence-electron chi connectivity index (χ4n) is 3.11. The van der Waals surface area contributed by atoms with E-state index in [2.05, 4.69) is 6.07 Å². The van der Waals surface area contributed by atoms with Gasteiger partial charge in [-0.05, 0) is 42.5 Å². The third-order valence-electron chi connectivity index (χ3n) is 4.33. The summed E-state index contributed by atoms with van der Waals surface area (Å²) >= 11 is 3.21. The van der Waals surface area contributed by atoms with Crippen LogP contribution in [-0.2, 0) is 25.6 Å². The molecule has 0 saturated heterocycles. The van der Waals surface area contributed by atoms with Gasteiger partial charge in [-0.15, -0.1) is 11.3 Å². The fraction of sp³-hybridized carbons (Fsp3) is 0.278.